The van der Waals surface area contributed by atoms with Crippen LogP contribution in [-0.2, 0) is 10.0 Å². The lowest BCUT2D eigenvalue weighted by molar-refractivity contribution is 0.0996. The van der Waals surface area contributed by atoms with Crippen molar-refractivity contribution in [2.24, 2.45) is 0 Å². The predicted molar refractivity (Wildman–Crippen MR) is 106 cm³/mol. The molecule has 0 aliphatic carbocycles. The topological polar surface area (TPSA) is 101 Å². The molecule has 0 saturated carbocycles. The van der Waals surface area contributed by atoms with Crippen molar-refractivity contribution < 1.29 is 17.6 Å². The van der Waals surface area contributed by atoms with Gasteiger partial charge in [-0.05, 0) is 42.5 Å². The van der Waals surface area contributed by atoms with E-state index in [-0.39, 0.29) is 9.97 Å². The van der Waals surface area contributed by atoms with Crippen LogP contribution in [0.5, 0.6) is 0 Å². The summed E-state index contributed by atoms with van der Waals surface area (Å²) in [6.45, 7) is 0. The van der Waals surface area contributed by atoms with Crippen LogP contribution in [0.4, 0.5) is 10.8 Å². The van der Waals surface area contributed by atoms with Crippen molar-refractivity contribution in [3.05, 3.63) is 58.8 Å². The van der Waals surface area contributed by atoms with Crippen molar-refractivity contribution in [3.8, 4) is 0 Å². The Balaban J connectivity index is 1.56. The number of amides is 1. The Hall–Kier alpha value is -2.40. The van der Waals surface area contributed by atoms with Crippen molar-refractivity contribution in [2.45, 2.75) is 4.21 Å². The summed E-state index contributed by atoms with van der Waals surface area (Å²) < 4.78 is 33.6. The molecule has 2 N–H and O–H groups in total. The molecule has 3 heterocycles. The van der Waals surface area contributed by atoms with Gasteiger partial charge in [0.25, 0.3) is 15.9 Å². The van der Waals surface area contributed by atoms with Crippen molar-refractivity contribution in [1.29, 1.82) is 0 Å². The van der Waals surface area contributed by atoms with Crippen molar-refractivity contribution in [2.75, 3.05) is 10.0 Å². The predicted octanol–water partition coefficient (Wildman–Crippen LogP) is 4.66. The van der Waals surface area contributed by atoms with Gasteiger partial charge in [0.2, 0.25) is 0 Å². The Morgan fingerprint density at radius 3 is 2.70 bits per heavy atom. The van der Waals surface area contributed by atoms with E-state index >= 15 is 0 Å². The van der Waals surface area contributed by atoms with Gasteiger partial charge >= 0.3 is 0 Å². The second kappa shape index (κ2) is 6.97. The quantitative estimate of drug-likeness (QED) is 0.471. The van der Waals surface area contributed by atoms with Gasteiger partial charge in [0.1, 0.15) is 4.21 Å². The van der Waals surface area contributed by atoms with E-state index in [1.54, 1.807) is 30.3 Å². The molecule has 0 spiro atoms. The Kier molecular flexibility index (Phi) is 4.64. The first-order valence-corrected chi connectivity index (χ1v) is 10.9. The monoisotopic (exact) mass is 439 g/mol. The van der Waals surface area contributed by atoms with Crippen LogP contribution < -0.4 is 10.0 Å². The van der Waals surface area contributed by atoms with E-state index in [9.17, 15) is 13.2 Å². The fourth-order valence-electron chi connectivity index (χ4n) is 2.26. The molecule has 0 saturated heterocycles. The third-order valence-electron chi connectivity index (χ3n) is 3.42. The highest BCUT2D eigenvalue weighted by Gasteiger charge is 2.18. The molecule has 1 aromatic carbocycles. The first kappa shape index (κ1) is 18.0. The molecule has 0 bridgehead atoms. The van der Waals surface area contributed by atoms with Crippen LogP contribution >= 0.6 is 34.3 Å². The molecular weight excluding hydrogens is 430 g/mol. The number of thiazole rings is 1. The molecule has 138 valence electrons. The SMILES string of the molecule is O=C(Nc1nc2ccc(NS(=O)(=O)c3ccc(Cl)s3)cc2s1)c1ccco1. The van der Waals surface area contributed by atoms with E-state index in [2.05, 4.69) is 15.0 Å². The standard InChI is InChI=1S/C16H10ClN3O4S3/c17-13-5-6-14(26-13)27(22,23)20-9-3-4-10-12(8-9)25-16(18-10)19-15(21)11-2-1-7-24-11/h1-8,20H,(H,18,19,21). The van der Waals surface area contributed by atoms with Crippen molar-refractivity contribution >= 4 is 71.2 Å². The molecule has 27 heavy (non-hydrogen) atoms. The zero-order valence-corrected chi connectivity index (χ0v) is 16.5. The van der Waals surface area contributed by atoms with Crippen LogP contribution in [0.25, 0.3) is 10.2 Å². The summed E-state index contributed by atoms with van der Waals surface area (Å²) in [4.78, 5) is 16.3. The van der Waals surface area contributed by atoms with E-state index < -0.39 is 15.9 Å². The van der Waals surface area contributed by atoms with E-state index in [4.69, 9.17) is 16.0 Å². The number of carbonyl (C=O) groups excluding carboxylic acids is 1. The molecule has 0 fully saturated rings. The Morgan fingerprint density at radius 2 is 2.00 bits per heavy atom. The normalized spacial score (nSPS) is 11.6. The molecule has 0 aliphatic heterocycles. The number of furan rings is 1. The maximum absolute atomic E-state index is 12.4. The van der Waals surface area contributed by atoms with Gasteiger partial charge in [0, 0.05) is 0 Å². The summed E-state index contributed by atoms with van der Waals surface area (Å²) in [5.74, 6) is -0.230. The number of aromatic nitrogens is 1. The lowest BCUT2D eigenvalue weighted by atomic mass is 10.3. The number of fused-ring (bicyclic) bond motifs is 1. The summed E-state index contributed by atoms with van der Waals surface area (Å²) in [6, 6.07) is 11.1. The number of hydrogen-bond donors (Lipinski definition) is 2. The molecule has 4 aromatic rings. The highest BCUT2D eigenvalue weighted by Crippen LogP contribution is 2.31. The Bertz CT molecular complexity index is 1230. The van der Waals surface area contributed by atoms with Gasteiger partial charge in [-0.3, -0.25) is 14.8 Å². The average molecular weight is 440 g/mol. The average Bonchev–Trinajstić information content (AvgIpc) is 3.33. The highest BCUT2D eigenvalue weighted by atomic mass is 35.5. The number of rotatable bonds is 5. The Morgan fingerprint density at radius 1 is 1.15 bits per heavy atom. The number of anilines is 2. The van der Waals surface area contributed by atoms with Gasteiger partial charge in [0.05, 0.1) is 26.5 Å². The lowest BCUT2D eigenvalue weighted by Crippen LogP contribution is -2.11. The molecule has 0 unspecified atom stereocenters. The van der Waals surface area contributed by atoms with Gasteiger partial charge < -0.3 is 4.42 Å². The summed E-state index contributed by atoms with van der Waals surface area (Å²) in [5, 5.41) is 3.04. The van der Waals surface area contributed by atoms with Gasteiger partial charge in [-0.15, -0.1) is 11.3 Å². The maximum Gasteiger partial charge on any atom is 0.293 e. The van der Waals surface area contributed by atoms with Crippen LogP contribution in [0.2, 0.25) is 4.34 Å². The maximum atomic E-state index is 12.4. The zero-order chi connectivity index (χ0) is 19.0. The third kappa shape index (κ3) is 3.83. The first-order chi connectivity index (χ1) is 12.9. The highest BCUT2D eigenvalue weighted by molar-refractivity contribution is 7.94. The van der Waals surface area contributed by atoms with Crippen LogP contribution in [0.15, 0.2) is 57.4 Å². The molecule has 0 aliphatic rings. The van der Waals surface area contributed by atoms with Crippen molar-refractivity contribution in [3.63, 3.8) is 0 Å². The molecule has 7 nitrogen and oxygen atoms in total. The smallest absolute Gasteiger partial charge is 0.293 e. The molecule has 11 heteroatoms. The summed E-state index contributed by atoms with van der Waals surface area (Å²) >= 11 is 8.01. The summed E-state index contributed by atoms with van der Waals surface area (Å²) in [6.07, 6.45) is 1.41. The fourth-order valence-corrected chi connectivity index (χ4v) is 5.69. The third-order valence-corrected chi connectivity index (χ3v) is 7.46. The summed E-state index contributed by atoms with van der Waals surface area (Å²) in [7, 11) is -3.72. The van der Waals surface area contributed by atoms with E-state index in [0.717, 1.165) is 11.3 Å². The molecule has 0 atom stereocenters. The number of nitrogens with zero attached hydrogens (tertiary/aromatic N) is 1. The minimum absolute atomic E-state index is 0.128. The summed E-state index contributed by atoms with van der Waals surface area (Å²) in [5.41, 5.74) is 1.02. The van der Waals surface area contributed by atoms with Crippen LogP contribution in [-0.4, -0.2) is 19.3 Å². The minimum Gasteiger partial charge on any atom is -0.459 e. The second-order valence-electron chi connectivity index (χ2n) is 5.30. The molecule has 4 rings (SSSR count). The van der Waals surface area contributed by atoms with E-state index in [0.29, 0.717) is 25.4 Å². The molecule has 3 aromatic heterocycles. The molecule has 1 amide bonds. The number of hydrogen-bond acceptors (Lipinski definition) is 7. The second-order valence-corrected chi connectivity index (χ2v) is 9.95. The minimum atomic E-state index is -3.72. The number of nitrogens with one attached hydrogen (secondary N) is 2. The van der Waals surface area contributed by atoms with Gasteiger partial charge in [-0.2, -0.15) is 0 Å². The van der Waals surface area contributed by atoms with Gasteiger partial charge in [-0.1, -0.05) is 22.9 Å². The Labute approximate surface area is 166 Å². The van der Waals surface area contributed by atoms with Crippen LogP contribution in [0, 0.1) is 0 Å². The number of benzene rings is 1. The number of halogens is 1. The van der Waals surface area contributed by atoms with Crippen molar-refractivity contribution in [1.82, 2.24) is 4.98 Å². The van der Waals surface area contributed by atoms with E-state index in [1.807, 2.05) is 0 Å². The van der Waals surface area contributed by atoms with Crippen LogP contribution in [0.1, 0.15) is 10.6 Å². The molecular formula is C16H10ClN3O4S3. The van der Waals surface area contributed by atoms with Crippen LogP contribution in [0.3, 0.4) is 0 Å². The number of carbonyl (C=O) groups is 1. The first-order valence-electron chi connectivity index (χ1n) is 7.44. The number of thiophene rings is 1. The van der Waals surface area contributed by atoms with Gasteiger partial charge in [0.15, 0.2) is 10.9 Å². The number of sulfonamides is 1. The van der Waals surface area contributed by atoms with Gasteiger partial charge in [-0.25, -0.2) is 13.4 Å². The lowest BCUT2D eigenvalue weighted by Gasteiger charge is -2.05. The largest absolute Gasteiger partial charge is 0.459 e. The zero-order valence-electron chi connectivity index (χ0n) is 13.3. The fraction of sp³-hybridized carbons (Fsp3) is 0. The van der Waals surface area contributed by atoms with E-state index in [1.165, 1.54) is 29.7 Å². The molecule has 0 radical (unpaired) electrons.